The summed E-state index contributed by atoms with van der Waals surface area (Å²) < 4.78 is 5.41. The van der Waals surface area contributed by atoms with Crippen molar-refractivity contribution in [3.05, 3.63) is 93.3 Å². The van der Waals surface area contributed by atoms with Gasteiger partial charge in [-0.3, -0.25) is 9.59 Å². The molecular formula is C25H20ClNO3S. The standard InChI is InChI=1S/C25H20ClNO3S/c1-15-8-9-17(14-16(15)2)22-23(31-19-12-10-18(26)11-13-19)25(29)27(24(22)28)20-6-4-5-7-21(20)30-3/h4-14H,1-3H3. The molecule has 0 spiro atoms. The molecule has 4 nitrogen and oxygen atoms in total. The Morgan fingerprint density at radius 2 is 1.58 bits per heavy atom. The van der Waals surface area contributed by atoms with Crippen LogP contribution in [0.1, 0.15) is 16.7 Å². The molecule has 0 saturated heterocycles. The molecule has 0 bridgehead atoms. The zero-order valence-electron chi connectivity index (χ0n) is 17.3. The van der Waals surface area contributed by atoms with E-state index in [1.165, 1.54) is 23.8 Å². The van der Waals surface area contributed by atoms with Crippen molar-refractivity contribution in [1.29, 1.82) is 0 Å². The van der Waals surface area contributed by atoms with Crippen LogP contribution >= 0.6 is 23.4 Å². The second kappa shape index (κ2) is 8.61. The quantitative estimate of drug-likeness (QED) is 0.445. The number of hydrogen-bond acceptors (Lipinski definition) is 4. The minimum absolute atomic E-state index is 0.366. The number of aryl methyl sites for hydroxylation is 2. The maximum Gasteiger partial charge on any atom is 0.273 e. The van der Waals surface area contributed by atoms with E-state index in [1.54, 1.807) is 36.4 Å². The van der Waals surface area contributed by atoms with Crippen molar-refractivity contribution in [3.63, 3.8) is 0 Å². The number of imide groups is 1. The van der Waals surface area contributed by atoms with E-state index in [4.69, 9.17) is 16.3 Å². The molecule has 0 N–H and O–H groups in total. The number of methoxy groups -OCH3 is 1. The third-order valence-electron chi connectivity index (χ3n) is 5.20. The van der Waals surface area contributed by atoms with Crippen molar-refractivity contribution in [2.24, 2.45) is 0 Å². The summed E-state index contributed by atoms with van der Waals surface area (Å²) in [6.07, 6.45) is 0. The van der Waals surface area contributed by atoms with E-state index >= 15 is 0 Å². The molecule has 0 aromatic heterocycles. The molecule has 3 aromatic carbocycles. The Kier molecular flexibility index (Phi) is 5.90. The van der Waals surface area contributed by atoms with Crippen LogP contribution in [-0.2, 0) is 9.59 Å². The average Bonchev–Trinajstić information content (AvgIpc) is 3.01. The highest BCUT2D eigenvalue weighted by molar-refractivity contribution is 8.04. The number of carbonyl (C=O) groups excluding carboxylic acids is 2. The Morgan fingerprint density at radius 1 is 0.871 bits per heavy atom. The van der Waals surface area contributed by atoms with Crippen LogP contribution in [0.15, 0.2) is 76.5 Å². The van der Waals surface area contributed by atoms with Gasteiger partial charge in [0.2, 0.25) is 0 Å². The highest BCUT2D eigenvalue weighted by Crippen LogP contribution is 2.43. The second-order valence-corrected chi connectivity index (χ2v) is 8.70. The van der Waals surface area contributed by atoms with Crippen molar-refractivity contribution in [3.8, 4) is 5.75 Å². The van der Waals surface area contributed by atoms with Gasteiger partial charge in [0.25, 0.3) is 11.8 Å². The van der Waals surface area contributed by atoms with Crippen LogP contribution in [0.2, 0.25) is 5.02 Å². The highest BCUT2D eigenvalue weighted by Gasteiger charge is 2.41. The number of halogens is 1. The van der Waals surface area contributed by atoms with Gasteiger partial charge in [0.1, 0.15) is 5.75 Å². The molecule has 2 amide bonds. The lowest BCUT2D eigenvalue weighted by Gasteiger charge is -2.18. The van der Waals surface area contributed by atoms with Gasteiger partial charge >= 0.3 is 0 Å². The van der Waals surface area contributed by atoms with E-state index in [-0.39, 0.29) is 11.8 Å². The van der Waals surface area contributed by atoms with E-state index in [0.717, 1.165) is 21.6 Å². The predicted octanol–water partition coefficient (Wildman–Crippen LogP) is 6.04. The van der Waals surface area contributed by atoms with E-state index in [1.807, 2.05) is 44.2 Å². The van der Waals surface area contributed by atoms with Gasteiger partial charge in [0, 0.05) is 9.92 Å². The molecule has 0 unspecified atom stereocenters. The Bertz CT molecular complexity index is 1220. The van der Waals surface area contributed by atoms with Crippen LogP contribution in [0.5, 0.6) is 5.75 Å². The Labute approximate surface area is 190 Å². The van der Waals surface area contributed by atoms with E-state index in [2.05, 4.69) is 0 Å². The first-order valence-electron chi connectivity index (χ1n) is 9.68. The first-order valence-corrected chi connectivity index (χ1v) is 10.9. The minimum atomic E-state index is -0.373. The molecule has 0 saturated carbocycles. The summed E-state index contributed by atoms with van der Waals surface area (Å²) in [4.78, 5) is 29.5. The zero-order valence-corrected chi connectivity index (χ0v) is 18.9. The molecule has 1 heterocycles. The molecule has 1 aliphatic rings. The van der Waals surface area contributed by atoms with E-state index in [0.29, 0.717) is 26.9 Å². The van der Waals surface area contributed by atoms with Crippen molar-refractivity contribution in [1.82, 2.24) is 0 Å². The smallest absolute Gasteiger partial charge is 0.273 e. The Hall–Kier alpha value is -3.02. The number of nitrogens with zero attached hydrogens (tertiary/aromatic N) is 1. The number of benzene rings is 3. The van der Waals surface area contributed by atoms with E-state index < -0.39 is 0 Å². The van der Waals surface area contributed by atoms with Gasteiger partial charge in [-0.15, -0.1) is 0 Å². The fourth-order valence-electron chi connectivity index (χ4n) is 3.41. The first-order chi connectivity index (χ1) is 14.9. The van der Waals surface area contributed by atoms with Gasteiger partial charge in [-0.25, -0.2) is 4.90 Å². The lowest BCUT2D eigenvalue weighted by molar-refractivity contribution is -0.119. The second-order valence-electron chi connectivity index (χ2n) is 7.18. The molecule has 31 heavy (non-hydrogen) atoms. The summed E-state index contributed by atoms with van der Waals surface area (Å²) in [7, 11) is 1.52. The van der Waals surface area contributed by atoms with Crippen LogP contribution in [0.4, 0.5) is 5.69 Å². The monoisotopic (exact) mass is 449 g/mol. The predicted molar refractivity (Wildman–Crippen MR) is 126 cm³/mol. The molecule has 0 fully saturated rings. The van der Waals surface area contributed by atoms with Crippen LogP contribution in [0.3, 0.4) is 0 Å². The first kappa shape index (κ1) is 21.2. The average molecular weight is 450 g/mol. The number of hydrogen-bond donors (Lipinski definition) is 0. The van der Waals surface area contributed by atoms with Crippen molar-refractivity contribution in [2.45, 2.75) is 18.7 Å². The molecule has 3 aromatic rings. The van der Waals surface area contributed by atoms with Crippen LogP contribution in [0, 0.1) is 13.8 Å². The van der Waals surface area contributed by atoms with Crippen LogP contribution in [-0.4, -0.2) is 18.9 Å². The molecule has 0 aliphatic carbocycles. The van der Waals surface area contributed by atoms with Crippen LogP contribution < -0.4 is 9.64 Å². The lowest BCUT2D eigenvalue weighted by Crippen LogP contribution is -2.31. The number of amides is 2. The maximum absolute atomic E-state index is 13.6. The zero-order chi connectivity index (χ0) is 22.1. The summed E-state index contributed by atoms with van der Waals surface area (Å²) in [5.74, 6) is -0.279. The highest BCUT2D eigenvalue weighted by atomic mass is 35.5. The number of para-hydroxylation sites is 2. The number of thioether (sulfide) groups is 1. The molecular weight excluding hydrogens is 430 g/mol. The molecule has 4 rings (SSSR count). The van der Waals surface area contributed by atoms with Gasteiger partial charge < -0.3 is 4.74 Å². The summed E-state index contributed by atoms with van der Waals surface area (Å²) >= 11 is 7.27. The number of carbonyl (C=O) groups is 2. The van der Waals surface area contributed by atoms with Crippen molar-refractivity contribution >= 4 is 46.4 Å². The molecule has 1 aliphatic heterocycles. The minimum Gasteiger partial charge on any atom is -0.495 e. The Morgan fingerprint density at radius 3 is 2.26 bits per heavy atom. The fourth-order valence-corrected chi connectivity index (χ4v) is 4.53. The summed E-state index contributed by atoms with van der Waals surface area (Å²) in [5, 5.41) is 0.609. The van der Waals surface area contributed by atoms with Crippen molar-refractivity contribution in [2.75, 3.05) is 12.0 Å². The summed E-state index contributed by atoms with van der Waals surface area (Å²) in [6.45, 7) is 4.00. The van der Waals surface area contributed by atoms with Crippen molar-refractivity contribution < 1.29 is 14.3 Å². The molecule has 6 heteroatoms. The summed E-state index contributed by atoms with van der Waals surface area (Å²) in [6, 6.07) is 20.0. The number of ether oxygens (including phenoxy) is 1. The fraction of sp³-hybridized carbons (Fsp3) is 0.120. The topological polar surface area (TPSA) is 46.6 Å². The summed E-state index contributed by atoms with van der Waals surface area (Å²) in [5.41, 5.74) is 3.70. The normalized spacial score (nSPS) is 13.9. The maximum atomic E-state index is 13.6. The molecule has 0 atom stereocenters. The van der Waals surface area contributed by atoms with Gasteiger partial charge in [-0.1, -0.05) is 53.7 Å². The largest absolute Gasteiger partial charge is 0.495 e. The third-order valence-corrected chi connectivity index (χ3v) is 6.54. The number of anilines is 1. The lowest BCUT2D eigenvalue weighted by atomic mass is 10.0. The van der Waals surface area contributed by atoms with E-state index in [9.17, 15) is 9.59 Å². The number of rotatable bonds is 5. The SMILES string of the molecule is COc1ccccc1N1C(=O)C(Sc2ccc(Cl)cc2)=C(c2ccc(C)c(C)c2)C1=O. The Balaban J connectivity index is 1.86. The molecule has 0 radical (unpaired) electrons. The van der Waals surface area contributed by atoms with Gasteiger partial charge in [-0.05, 0) is 66.9 Å². The molecule has 156 valence electrons. The third kappa shape index (κ3) is 3.99. The van der Waals surface area contributed by atoms with Crippen LogP contribution in [0.25, 0.3) is 5.57 Å². The van der Waals surface area contributed by atoms with Gasteiger partial charge in [0.05, 0.1) is 23.3 Å². The van der Waals surface area contributed by atoms with Gasteiger partial charge in [0.15, 0.2) is 0 Å². The van der Waals surface area contributed by atoms with Gasteiger partial charge in [-0.2, -0.15) is 0 Å².